The van der Waals surface area contributed by atoms with Crippen LogP contribution in [0.3, 0.4) is 0 Å². The summed E-state index contributed by atoms with van der Waals surface area (Å²) in [5.74, 6) is 0.251. The van der Waals surface area contributed by atoms with Gasteiger partial charge in [-0.3, -0.25) is 0 Å². The Morgan fingerprint density at radius 1 is 1.36 bits per heavy atom. The zero-order chi connectivity index (χ0) is 10.7. The molecule has 0 saturated carbocycles. The van der Waals surface area contributed by atoms with E-state index < -0.39 is 11.0 Å². The van der Waals surface area contributed by atoms with Crippen LogP contribution in [0.4, 0.5) is 0 Å². The maximum Gasteiger partial charge on any atom is 0.115 e. The zero-order valence-electron chi connectivity index (χ0n) is 8.60. The molecule has 14 heavy (non-hydrogen) atoms. The third-order valence-corrected chi connectivity index (χ3v) is 3.45. The molecule has 0 amide bonds. The molecule has 4 heteroatoms. The maximum atomic E-state index is 11.2. The first-order chi connectivity index (χ1) is 6.52. The van der Waals surface area contributed by atoms with Gasteiger partial charge in [0.15, 0.2) is 0 Å². The van der Waals surface area contributed by atoms with Gasteiger partial charge in [-0.15, -0.1) is 0 Å². The summed E-state index contributed by atoms with van der Waals surface area (Å²) in [7, 11) is 0.838. The molecule has 0 radical (unpaired) electrons. The molecule has 0 heterocycles. The van der Waals surface area contributed by atoms with Gasteiger partial charge in [-0.1, -0.05) is 12.1 Å². The minimum atomic E-state index is -0.975. The highest BCUT2D eigenvalue weighted by Crippen LogP contribution is 2.21. The van der Waals surface area contributed by atoms with Gasteiger partial charge in [0.05, 0.1) is 11.0 Å². The van der Waals surface area contributed by atoms with E-state index in [1.165, 1.54) is 0 Å². The number of phenolic OH excluding ortho intramolecular Hbond substituents is 1. The standard InChI is InChI=1S/C10H15NO2S/c1-8(11(2)14(3)13)9-4-6-10(12)7-5-9/h4-8,12H,1-3H3. The number of hydrogen-bond acceptors (Lipinski definition) is 2. The van der Waals surface area contributed by atoms with E-state index in [1.807, 2.05) is 26.1 Å². The summed E-state index contributed by atoms with van der Waals surface area (Å²) in [6.45, 7) is 1.98. The lowest BCUT2D eigenvalue weighted by Gasteiger charge is -2.21. The van der Waals surface area contributed by atoms with Crippen LogP contribution in [0, 0.1) is 0 Å². The fourth-order valence-electron chi connectivity index (χ4n) is 1.19. The van der Waals surface area contributed by atoms with E-state index in [1.54, 1.807) is 22.7 Å². The molecule has 3 nitrogen and oxygen atoms in total. The third kappa shape index (κ3) is 2.56. The van der Waals surface area contributed by atoms with E-state index in [0.717, 1.165) is 5.56 Å². The predicted octanol–water partition coefficient (Wildman–Crippen LogP) is 1.68. The van der Waals surface area contributed by atoms with Crippen LogP contribution in [0.5, 0.6) is 5.75 Å². The van der Waals surface area contributed by atoms with Crippen molar-refractivity contribution in [2.24, 2.45) is 0 Å². The largest absolute Gasteiger partial charge is 0.508 e. The molecule has 2 unspecified atom stereocenters. The van der Waals surface area contributed by atoms with Crippen molar-refractivity contribution < 1.29 is 9.32 Å². The number of nitrogens with zero attached hydrogens (tertiary/aromatic N) is 1. The first kappa shape index (κ1) is 11.2. The van der Waals surface area contributed by atoms with E-state index in [9.17, 15) is 4.21 Å². The molecule has 1 aromatic carbocycles. The highest BCUT2D eigenvalue weighted by molar-refractivity contribution is 7.81. The Bertz CT molecular complexity index is 323. The van der Waals surface area contributed by atoms with E-state index in [4.69, 9.17) is 5.11 Å². The van der Waals surface area contributed by atoms with Crippen molar-refractivity contribution in [2.75, 3.05) is 13.3 Å². The Kier molecular flexibility index (Phi) is 3.66. The molecule has 2 atom stereocenters. The normalized spacial score (nSPS) is 15.4. The lowest BCUT2D eigenvalue weighted by molar-refractivity contribution is 0.430. The smallest absolute Gasteiger partial charge is 0.115 e. The summed E-state index contributed by atoms with van der Waals surface area (Å²) < 4.78 is 13.0. The van der Waals surface area contributed by atoms with Crippen LogP contribution in [-0.4, -0.2) is 26.9 Å². The van der Waals surface area contributed by atoms with Gasteiger partial charge in [-0.05, 0) is 24.6 Å². The lowest BCUT2D eigenvalue weighted by atomic mass is 10.1. The van der Waals surface area contributed by atoms with E-state index in [0.29, 0.717) is 0 Å². The maximum absolute atomic E-state index is 11.2. The zero-order valence-corrected chi connectivity index (χ0v) is 9.41. The SMILES string of the molecule is CC(c1ccc(O)cc1)N(C)S(C)=O. The second-order valence-electron chi connectivity index (χ2n) is 3.24. The molecule has 0 fully saturated rings. The summed E-state index contributed by atoms with van der Waals surface area (Å²) in [5, 5.41) is 9.11. The number of aromatic hydroxyl groups is 1. The number of benzene rings is 1. The minimum Gasteiger partial charge on any atom is -0.508 e. The van der Waals surface area contributed by atoms with Crippen LogP contribution >= 0.6 is 0 Å². The summed E-state index contributed by atoms with van der Waals surface area (Å²) in [6.07, 6.45) is 1.65. The monoisotopic (exact) mass is 213 g/mol. The molecule has 0 aliphatic rings. The van der Waals surface area contributed by atoms with Gasteiger partial charge in [0.25, 0.3) is 0 Å². The second-order valence-corrected chi connectivity index (χ2v) is 4.66. The van der Waals surface area contributed by atoms with Crippen molar-refractivity contribution in [1.82, 2.24) is 4.31 Å². The quantitative estimate of drug-likeness (QED) is 0.830. The van der Waals surface area contributed by atoms with Crippen LogP contribution < -0.4 is 0 Å². The molecule has 0 bridgehead atoms. The molecule has 0 aliphatic heterocycles. The topological polar surface area (TPSA) is 40.5 Å². The highest BCUT2D eigenvalue weighted by Gasteiger charge is 2.13. The second kappa shape index (κ2) is 4.57. The fraction of sp³-hybridized carbons (Fsp3) is 0.400. The van der Waals surface area contributed by atoms with E-state index >= 15 is 0 Å². The molecule has 1 N–H and O–H groups in total. The molecule has 0 aliphatic carbocycles. The summed E-state index contributed by atoms with van der Waals surface area (Å²) in [4.78, 5) is 0. The predicted molar refractivity (Wildman–Crippen MR) is 58.4 cm³/mol. The van der Waals surface area contributed by atoms with Gasteiger partial charge in [-0.25, -0.2) is 8.51 Å². The van der Waals surface area contributed by atoms with E-state index in [2.05, 4.69) is 0 Å². The lowest BCUT2D eigenvalue weighted by Crippen LogP contribution is -2.23. The fourth-order valence-corrected chi connectivity index (χ4v) is 1.75. The van der Waals surface area contributed by atoms with Gasteiger partial charge in [-0.2, -0.15) is 0 Å². The third-order valence-electron chi connectivity index (χ3n) is 2.33. The van der Waals surface area contributed by atoms with Gasteiger partial charge < -0.3 is 5.11 Å². The summed E-state index contributed by atoms with van der Waals surface area (Å²) in [5.41, 5.74) is 1.04. The molecular weight excluding hydrogens is 198 g/mol. The first-order valence-electron chi connectivity index (χ1n) is 4.37. The van der Waals surface area contributed by atoms with Gasteiger partial charge >= 0.3 is 0 Å². The molecule has 1 aromatic rings. The molecule has 0 spiro atoms. The van der Waals surface area contributed by atoms with Crippen molar-refractivity contribution in [3.63, 3.8) is 0 Å². The van der Waals surface area contributed by atoms with Gasteiger partial charge in [0, 0.05) is 19.3 Å². The molecule has 0 aromatic heterocycles. The number of phenols is 1. The van der Waals surface area contributed by atoms with Gasteiger partial charge in [0.2, 0.25) is 0 Å². The van der Waals surface area contributed by atoms with Crippen molar-refractivity contribution in [1.29, 1.82) is 0 Å². The Morgan fingerprint density at radius 3 is 2.29 bits per heavy atom. The number of hydrogen-bond donors (Lipinski definition) is 1. The molecule has 1 rings (SSSR count). The van der Waals surface area contributed by atoms with Crippen LogP contribution in [0.1, 0.15) is 18.5 Å². The van der Waals surface area contributed by atoms with Crippen LogP contribution in [0.15, 0.2) is 24.3 Å². The Hall–Kier alpha value is -0.870. The Labute approximate surface area is 87.0 Å². The highest BCUT2D eigenvalue weighted by atomic mass is 32.2. The van der Waals surface area contributed by atoms with Crippen LogP contribution in [0.25, 0.3) is 0 Å². The van der Waals surface area contributed by atoms with Gasteiger partial charge in [0.1, 0.15) is 5.75 Å². The minimum absolute atomic E-state index is 0.0847. The van der Waals surface area contributed by atoms with Crippen molar-refractivity contribution >= 4 is 11.0 Å². The van der Waals surface area contributed by atoms with E-state index in [-0.39, 0.29) is 11.8 Å². The molecular formula is C10H15NO2S. The van der Waals surface area contributed by atoms with Crippen LogP contribution in [-0.2, 0) is 11.0 Å². The van der Waals surface area contributed by atoms with Crippen molar-refractivity contribution in [2.45, 2.75) is 13.0 Å². The summed E-state index contributed by atoms with van der Waals surface area (Å²) in [6, 6.07) is 7.03. The average Bonchev–Trinajstić information content (AvgIpc) is 2.16. The summed E-state index contributed by atoms with van der Waals surface area (Å²) >= 11 is 0. The van der Waals surface area contributed by atoms with Crippen molar-refractivity contribution in [3.05, 3.63) is 29.8 Å². The molecule has 0 saturated heterocycles. The first-order valence-corrected chi connectivity index (χ1v) is 5.89. The van der Waals surface area contributed by atoms with Crippen LogP contribution in [0.2, 0.25) is 0 Å². The molecule has 78 valence electrons. The average molecular weight is 213 g/mol. The van der Waals surface area contributed by atoms with Crippen molar-refractivity contribution in [3.8, 4) is 5.75 Å². The Balaban J connectivity index is 2.84. The Morgan fingerprint density at radius 2 is 1.86 bits per heavy atom. The number of rotatable bonds is 3.